The zero-order valence-corrected chi connectivity index (χ0v) is 20.9. The Morgan fingerprint density at radius 2 is 1.72 bits per heavy atom. The third-order valence-electron chi connectivity index (χ3n) is 5.67. The monoisotopic (exact) mass is 506 g/mol. The Hall–Kier alpha value is -3.40. The first-order valence-electron chi connectivity index (χ1n) is 11.7. The fourth-order valence-electron chi connectivity index (χ4n) is 3.70. The van der Waals surface area contributed by atoms with Crippen molar-refractivity contribution in [1.29, 1.82) is 0 Å². The molecule has 0 aromatic heterocycles. The van der Waals surface area contributed by atoms with Gasteiger partial charge in [0.25, 0.3) is 5.91 Å². The molecule has 36 heavy (non-hydrogen) atoms. The van der Waals surface area contributed by atoms with Crippen molar-refractivity contribution in [3.63, 3.8) is 0 Å². The van der Waals surface area contributed by atoms with E-state index in [1.54, 1.807) is 13.8 Å². The van der Waals surface area contributed by atoms with Gasteiger partial charge in [0, 0.05) is 18.2 Å². The molecule has 2 rings (SSSR count). The highest BCUT2D eigenvalue weighted by molar-refractivity contribution is 5.97. The molecule has 0 aliphatic carbocycles. The summed E-state index contributed by atoms with van der Waals surface area (Å²) in [5.74, 6) is -1.86. The molecule has 2 aromatic rings. The molecule has 0 aliphatic heterocycles. The van der Waals surface area contributed by atoms with Gasteiger partial charge < -0.3 is 21.3 Å². The van der Waals surface area contributed by atoms with Crippen molar-refractivity contribution < 1.29 is 27.6 Å². The minimum atomic E-state index is -4.59. The number of benzene rings is 2. The molecule has 0 heterocycles. The Balaban J connectivity index is 1.95. The highest BCUT2D eigenvalue weighted by Gasteiger charge is 2.31. The first-order chi connectivity index (χ1) is 16.9. The first kappa shape index (κ1) is 28.8. The number of amides is 3. The summed E-state index contributed by atoms with van der Waals surface area (Å²) < 4.78 is 38.7. The van der Waals surface area contributed by atoms with Gasteiger partial charge in [-0.3, -0.25) is 14.4 Å². The number of alkyl halides is 3. The third-order valence-corrected chi connectivity index (χ3v) is 5.67. The summed E-state index contributed by atoms with van der Waals surface area (Å²) in [5, 5.41) is 10.8. The normalized spacial score (nSPS) is 13.0. The average Bonchev–Trinajstić information content (AvgIpc) is 2.82. The van der Waals surface area contributed by atoms with Crippen LogP contribution in [0.5, 0.6) is 0 Å². The molecule has 7 nitrogen and oxygen atoms in total. The van der Waals surface area contributed by atoms with Crippen molar-refractivity contribution in [3.8, 4) is 0 Å². The van der Waals surface area contributed by atoms with Crippen LogP contribution in [-0.4, -0.2) is 49.4 Å². The SMILES string of the molecule is CCNC(=O)C(NC(=O)CNC(=O)c1cccc(C(F)(F)F)c1)C(C)NCCc1ccc(C)cc1C. The molecule has 2 atom stereocenters. The smallest absolute Gasteiger partial charge is 0.355 e. The summed E-state index contributed by atoms with van der Waals surface area (Å²) in [6.45, 7) is 8.03. The Labute approximate surface area is 209 Å². The first-order valence-corrected chi connectivity index (χ1v) is 11.7. The zero-order chi connectivity index (χ0) is 26.9. The predicted octanol–water partition coefficient (Wildman–Crippen LogP) is 2.89. The molecule has 0 saturated carbocycles. The third kappa shape index (κ3) is 8.67. The van der Waals surface area contributed by atoms with Crippen LogP contribution in [0.25, 0.3) is 0 Å². The van der Waals surface area contributed by atoms with Crippen molar-refractivity contribution in [2.75, 3.05) is 19.6 Å². The number of halogens is 3. The van der Waals surface area contributed by atoms with Gasteiger partial charge in [-0.05, 0) is 70.0 Å². The molecule has 0 aliphatic rings. The van der Waals surface area contributed by atoms with E-state index in [4.69, 9.17) is 0 Å². The maximum Gasteiger partial charge on any atom is 0.416 e. The number of hydrogen-bond acceptors (Lipinski definition) is 4. The molecule has 0 saturated heterocycles. The summed E-state index contributed by atoms with van der Waals surface area (Å²) >= 11 is 0. The molecule has 2 aromatic carbocycles. The van der Waals surface area contributed by atoms with E-state index in [1.165, 1.54) is 22.8 Å². The molecule has 0 fully saturated rings. The lowest BCUT2D eigenvalue weighted by Crippen LogP contribution is -2.58. The molecule has 3 amide bonds. The Kier molecular flexibility index (Phi) is 10.5. The van der Waals surface area contributed by atoms with Crippen molar-refractivity contribution in [2.45, 2.75) is 52.4 Å². The number of hydrogen-bond donors (Lipinski definition) is 4. The summed E-state index contributed by atoms with van der Waals surface area (Å²) in [6.07, 6.45) is -3.85. The van der Waals surface area contributed by atoms with Gasteiger partial charge in [0.1, 0.15) is 6.04 Å². The van der Waals surface area contributed by atoms with E-state index >= 15 is 0 Å². The van der Waals surface area contributed by atoms with E-state index in [0.29, 0.717) is 19.2 Å². The summed E-state index contributed by atoms with van der Waals surface area (Å²) in [5.41, 5.74) is 2.35. The molecule has 0 bridgehead atoms. The van der Waals surface area contributed by atoms with Crippen LogP contribution in [0.4, 0.5) is 13.2 Å². The average molecular weight is 507 g/mol. The minimum absolute atomic E-state index is 0.223. The highest BCUT2D eigenvalue weighted by atomic mass is 19.4. The van der Waals surface area contributed by atoms with Crippen molar-refractivity contribution in [3.05, 3.63) is 70.3 Å². The number of rotatable bonds is 11. The minimum Gasteiger partial charge on any atom is -0.355 e. The number of carbonyl (C=O) groups excluding carboxylic acids is 3. The molecule has 10 heteroatoms. The van der Waals surface area contributed by atoms with Gasteiger partial charge in [0.15, 0.2) is 0 Å². The number of carbonyl (C=O) groups is 3. The van der Waals surface area contributed by atoms with Crippen LogP contribution in [0, 0.1) is 13.8 Å². The predicted molar refractivity (Wildman–Crippen MR) is 131 cm³/mol. The molecule has 0 spiro atoms. The maximum absolute atomic E-state index is 12.9. The Morgan fingerprint density at radius 3 is 2.36 bits per heavy atom. The van der Waals surface area contributed by atoms with E-state index < -0.39 is 42.2 Å². The van der Waals surface area contributed by atoms with Crippen LogP contribution in [0.15, 0.2) is 42.5 Å². The molecule has 2 unspecified atom stereocenters. The van der Waals surface area contributed by atoms with Crippen molar-refractivity contribution >= 4 is 17.7 Å². The largest absolute Gasteiger partial charge is 0.416 e. The topological polar surface area (TPSA) is 99.3 Å². The Morgan fingerprint density at radius 1 is 1.00 bits per heavy atom. The Bertz CT molecular complexity index is 1070. The quantitative estimate of drug-likeness (QED) is 0.377. The van der Waals surface area contributed by atoms with E-state index in [9.17, 15) is 27.6 Å². The van der Waals surface area contributed by atoms with Crippen LogP contribution in [0.3, 0.4) is 0 Å². The molecular formula is C26H33F3N4O3. The van der Waals surface area contributed by atoms with Crippen LogP contribution in [0.1, 0.15) is 46.5 Å². The fraction of sp³-hybridized carbons (Fsp3) is 0.423. The van der Waals surface area contributed by atoms with Gasteiger partial charge in [0.05, 0.1) is 12.1 Å². The van der Waals surface area contributed by atoms with E-state index in [0.717, 1.165) is 18.6 Å². The second-order valence-corrected chi connectivity index (χ2v) is 8.62. The van der Waals surface area contributed by atoms with Crippen molar-refractivity contribution in [1.82, 2.24) is 21.3 Å². The van der Waals surface area contributed by atoms with E-state index in [1.807, 2.05) is 19.9 Å². The summed E-state index contributed by atoms with van der Waals surface area (Å²) in [6, 6.07) is 8.78. The van der Waals surface area contributed by atoms with Gasteiger partial charge in [-0.2, -0.15) is 13.2 Å². The lowest BCUT2D eigenvalue weighted by atomic mass is 10.0. The van der Waals surface area contributed by atoms with Gasteiger partial charge in [-0.1, -0.05) is 29.8 Å². The fourth-order valence-corrected chi connectivity index (χ4v) is 3.70. The molecule has 196 valence electrons. The van der Waals surface area contributed by atoms with Crippen LogP contribution < -0.4 is 21.3 Å². The summed E-state index contributed by atoms with van der Waals surface area (Å²) in [4.78, 5) is 37.3. The van der Waals surface area contributed by atoms with E-state index in [2.05, 4.69) is 33.4 Å². The van der Waals surface area contributed by atoms with Crippen LogP contribution in [-0.2, 0) is 22.2 Å². The lowest BCUT2D eigenvalue weighted by Gasteiger charge is -2.25. The standard InChI is InChI=1S/C26H33F3N4O3/c1-5-30-25(36)23(18(4)31-12-11-19-10-9-16(2)13-17(19)3)33-22(34)15-32-24(35)20-7-6-8-21(14-20)26(27,28)29/h6-10,13-14,18,23,31H,5,11-12,15H2,1-4H3,(H,30,36)(H,32,35)(H,33,34). The molecule has 0 radical (unpaired) electrons. The molecular weight excluding hydrogens is 473 g/mol. The van der Waals surface area contributed by atoms with Gasteiger partial charge in [0.2, 0.25) is 11.8 Å². The number of aryl methyl sites for hydroxylation is 2. The number of nitrogens with one attached hydrogen (secondary N) is 4. The van der Waals surface area contributed by atoms with Crippen LogP contribution >= 0.6 is 0 Å². The lowest BCUT2D eigenvalue weighted by molar-refractivity contribution is -0.137. The molecule has 4 N–H and O–H groups in total. The van der Waals surface area contributed by atoms with Crippen LogP contribution in [0.2, 0.25) is 0 Å². The highest BCUT2D eigenvalue weighted by Crippen LogP contribution is 2.29. The van der Waals surface area contributed by atoms with Gasteiger partial charge in [-0.15, -0.1) is 0 Å². The van der Waals surface area contributed by atoms with Crippen molar-refractivity contribution in [2.24, 2.45) is 0 Å². The van der Waals surface area contributed by atoms with Gasteiger partial charge >= 0.3 is 6.18 Å². The number of likely N-dealkylation sites (N-methyl/N-ethyl adjacent to an activating group) is 1. The second-order valence-electron chi connectivity index (χ2n) is 8.62. The van der Waals surface area contributed by atoms with E-state index in [-0.39, 0.29) is 11.5 Å². The maximum atomic E-state index is 12.9. The van der Waals surface area contributed by atoms with Gasteiger partial charge in [-0.25, -0.2) is 0 Å². The summed E-state index contributed by atoms with van der Waals surface area (Å²) in [7, 11) is 0. The second kappa shape index (κ2) is 13.1. The zero-order valence-electron chi connectivity index (χ0n) is 20.9.